The second-order valence-corrected chi connectivity index (χ2v) is 6.45. The number of halogens is 3. The maximum Gasteiger partial charge on any atom is 0.424 e. The third-order valence-electron chi connectivity index (χ3n) is 3.46. The van der Waals surface area contributed by atoms with Crippen molar-refractivity contribution >= 4 is 17.4 Å². The fourth-order valence-corrected chi connectivity index (χ4v) is 2.83. The van der Waals surface area contributed by atoms with E-state index in [9.17, 15) is 23.1 Å². The van der Waals surface area contributed by atoms with Gasteiger partial charge >= 0.3 is 12.2 Å². The van der Waals surface area contributed by atoms with Crippen LogP contribution in [0.25, 0.3) is 0 Å². The van der Waals surface area contributed by atoms with Crippen LogP contribution in [0.5, 0.6) is 0 Å². The third kappa shape index (κ3) is 4.73. The van der Waals surface area contributed by atoms with Crippen LogP contribution in [0.15, 0.2) is 21.9 Å². The molecule has 10 heteroatoms. The van der Waals surface area contributed by atoms with E-state index in [4.69, 9.17) is 4.42 Å². The summed E-state index contributed by atoms with van der Waals surface area (Å²) in [5.74, 6) is -0.347. The van der Waals surface area contributed by atoms with E-state index in [1.54, 1.807) is 0 Å². The van der Waals surface area contributed by atoms with Gasteiger partial charge in [-0.3, -0.25) is 0 Å². The average molecular weight is 377 g/mol. The molecule has 2 aromatic rings. The molecule has 0 bridgehead atoms. The quantitative estimate of drug-likeness (QED) is 0.722. The lowest BCUT2D eigenvalue weighted by Crippen LogP contribution is -2.45. The van der Waals surface area contributed by atoms with Crippen LogP contribution < -0.4 is 10.6 Å². The molecule has 0 spiro atoms. The smallest absolute Gasteiger partial charge is 0.424 e. The molecule has 25 heavy (non-hydrogen) atoms. The minimum atomic E-state index is -4.94. The Kier molecular flexibility index (Phi) is 5.73. The summed E-state index contributed by atoms with van der Waals surface area (Å²) in [7, 11) is 0. The fourth-order valence-electron chi connectivity index (χ4n) is 2.12. The number of furan rings is 1. The Morgan fingerprint density at radius 3 is 2.56 bits per heavy atom. The van der Waals surface area contributed by atoms with E-state index in [0.29, 0.717) is 5.01 Å². The predicted octanol–water partition coefficient (Wildman–Crippen LogP) is 2.99. The minimum Gasteiger partial charge on any atom is -0.463 e. The lowest BCUT2D eigenvalue weighted by atomic mass is 9.96. The molecule has 0 saturated heterocycles. The molecule has 0 aliphatic carbocycles. The molecule has 3 N–H and O–H groups in total. The Balaban J connectivity index is 1.89. The van der Waals surface area contributed by atoms with Gasteiger partial charge in [0.2, 0.25) is 5.60 Å². The van der Waals surface area contributed by atoms with E-state index < -0.39 is 36.5 Å². The third-order valence-corrected chi connectivity index (χ3v) is 4.42. The number of aliphatic hydroxyl groups is 1. The number of hydrogen-bond donors (Lipinski definition) is 3. The minimum absolute atomic E-state index is 0.172. The number of carbonyl (C=O) groups is 1. The van der Waals surface area contributed by atoms with Crippen molar-refractivity contribution in [1.29, 1.82) is 0 Å². The number of urea groups is 1. The molecule has 0 aromatic carbocycles. The van der Waals surface area contributed by atoms with Gasteiger partial charge in [0, 0.05) is 24.0 Å². The molecular weight excluding hydrogens is 359 g/mol. The Morgan fingerprint density at radius 1 is 1.32 bits per heavy atom. The Morgan fingerprint density at radius 2 is 2.04 bits per heavy atom. The number of aromatic nitrogens is 1. The molecule has 2 amide bonds. The van der Waals surface area contributed by atoms with Crippen LogP contribution >= 0.6 is 11.3 Å². The lowest BCUT2D eigenvalue weighted by Gasteiger charge is -2.28. The van der Waals surface area contributed by atoms with Gasteiger partial charge in [0.25, 0.3) is 0 Å². The van der Waals surface area contributed by atoms with Crippen molar-refractivity contribution in [2.75, 3.05) is 6.54 Å². The average Bonchev–Trinajstić information content (AvgIpc) is 3.12. The van der Waals surface area contributed by atoms with E-state index in [2.05, 4.69) is 15.6 Å². The Hall–Kier alpha value is -2.07. The van der Waals surface area contributed by atoms with Crippen molar-refractivity contribution in [3.05, 3.63) is 39.7 Å². The SMILES string of the molecule is Cc1csc(CNC(=O)NCCC(O)(c2ccc(C)o2)C(F)(F)F)n1. The molecule has 1 unspecified atom stereocenters. The van der Waals surface area contributed by atoms with Crippen LogP contribution in [0.3, 0.4) is 0 Å². The molecular formula is C15H18F3N3O3S. The highest BCUT2D eigenvalue weighted by Gasteiger charge is 2.56. The highest BCUT2D eigenvalue weighted by atomic mass is 32.1. The largest absolute Gasteiger partial charge is 0.463 e. The molecule has 138 valence electrons. The zero-order chi connectivity index (χ0) is 18.7. The van der Waals surface area contributed by atoms with Gasteiger partial charge in [-0.2, -0.15) is 13.2 Å². The van der Waals surface area contributed by atoms with E-state index in [1.807, 2.05) is 12.3 Å². The summed E-state index contributed by atoms with van der Waals surface area (Å²) < 4.78 is 44.7. The van der Waals surface area contributed by atoms with Gasteiger partial charge in [-0.05, 0) is 26.0 Å². The summed E-state index contributed by atoms with van der Waals surface area (Å²) in [5, 5.41) is 17.3. The second kappa shape index (κ2) is 7.44. The standard InChI is InChI=1S/C15H18F3N3O3S/c1-9-8-25-12(21-9)7-20-13(22)19-6-5-14(23,15(16,17)18)11-4-3-10(2)24-11/h3-4,8,23H,5-7H2,1-2H3,(H2,19,20,22). The van der Waals surface area contributed by atoms with Crippen LogP contribution in [0.4, 0.5) is 18.0 Å². The number of thiazole rings is 1. The van der Waals surface area contributed by atoms with Gasteiger partial charge in [0.05, 0.1) is 6.54 Å². The van der Waals surface area contributed by atoms with Gasteiger partial charge in [-0.1, -0.05) is 0 Å². The number of nitrogens with zero attached hydrogens (tertiary/aromatic N) is 1. The monoisotopic (exact) mass is 377 g/mol. The van der Waals surface area contributed by atoms with Crippen molar-refractivity contribution in [1.82, 2.24) is 15.6 Å². The van der Waals surface area contributed by atoms with Crippen molar-refractivity contribution in [3.8, 4) is 0 Å². The Bertz CT molecular complexity index is 729. The molecule has 6 nitrogen and oxygen atoms in total. The zero-order valence-corrected chi connectivity index (χ0v) is 14.4. The van der Waals surface area contributed by atoms with Crippen molar-refractivity contribution < 1.29 is 27.5 Å². The summed E-state index contributed by atoms with van der Waals surface area (Å²) in [6, 6.07) is 1.77. The van der Waals surface area contributed by atoms with Crippen molar-refractivity contribution in [2.45, 2.75) is 38.6 Å². The molecule has 0 radical (unpaired) electrons. The summed E-state index contributed by atoms with van der Waals surface area (Å²) in [5.41, 5.74) is -2.34. The van der Waals surface area contributed by atoms with Crippen LogP contribution in [0, 0.1) is 13.8 Å². The lowest BCUT2D eigenvalue weighted by molar-refractivity contribution is -0.274. The van der Waals surface area contributed by atoms with E-state index in [1.165, 1.54) is 24.3 Å². The summed E-state index contributed by atoms with van der Waals surface area (Å²) >= 11 is 1.37. The molecule has 0 fully saturated rings. The fraction of sp³-hybridized carbons (Fsp3) is 0.467. The van der Waals surface area contributed by atoms with Crippen LogP contribution in [-0.4, -0.2) is 28.8 Å². The first-order valence-electron chi connectivity index (χ1n) is 7.40. The number of carbonyl (C=O) groups excluding carboxylic acids is 1. The number of nitrogens with one attached hydrogen (secondary N) is 2. The first-order chi connectivity index (χ1) is 11.6. The number of hydrogen-bond acceptors (Lipinski definition) is 5. The summed E-state index contributed by atoms with van der Waals surface area (Å²) in [6.45, 7) is 3.07. The summed E-state index contributed by atoms with van der Waals surface area (Å²) in [4.78, 5) is 15.8. The molecule has 1 atom stereocenters. The normalized spacial score (nSPS) is 14.2. The number of alkyl halides is 3. The first-order valence-corrected chi connectivity index (χ1v) is 8.28. The van der Waals surface area contributed by atoms with Gasteiger partial charge < -0.3 is 20.2 Å². The molecule has 2 rings (SSSR count). The van der Waals surface area contributed by atoms with Crippen molar-refractivity contribution in [2.24, 2.45) is 0 Å². The predicted molar refractivity (Wildman–Crippen MR) is 85.1 cm³/mol. The van der Waals surface area contributed by atoms with Crippen molar-refractivity contribution in [3.63, 3.8) is 0 Å². The van der Waals surface area contributed by atoms with Crippen LogP contribution in [-0.2, 0) is 12.1 Å². The maximum absolute atomic E-state index is 13.3. The van der Waals surface area contributed by atoms with Gasteiger partial charge in [0.15, 0.2) is 0 Å². The highest BCUT2D eigenvalue weighted by molar-refractivity contribution is 7.09. The van der Waals surface area contributed by atoms with Crippen LogP contribution in [0.1, 0.15) is 28.6 Å². The molecule has 0 aliphatic rings. The van der Waals surface area contributed by atoms with Gasteiger partial charge in [-0.15, -0.1) is 11.3 Å². The van der Waals surface area contributed by atoms with Crippen LogP contribution in [0.2, 0.25) is 0 Å². The van der Waals surface area contributed by atoms with E-state index in [-0.39, 0.29) is 12.3 Å². The Labute approximate surface area is 146 Å². The van der Waals surface area contributed by atoms with Gasteiger partial charge in [-0.25, -0.2) is 9.78 Å². The molecule has 2 heterocycles. The maximum atomic E-state index is 13.3. The number of aryl methyl sites for hydroxylation is 2. The van der Waals surface area contributed by atoms with E-state index in [0.717, 1.165) is 11.8 Å². The molecule has 0 saturated carbocycles. The number of amides is 2. The topological polar surface area (TPSA) is 87.4 Å². The number of rotatable bonds is 6. The second-order valence-electron chi connectivity index (χ2n) is 5.51. The molecule has 0 aliphatic heterocycles. The zero-order valence-electron chi connectivity index (χ0n) is 13.6. The highest BCUT2D eigenvalue weighted by Crippen LogP contribution is 2.41. The van der Waals surface area contributed by atoms with E-state index >= 15 is 0 Å². The first kappa shape index (κ1) is 19.3. The van der Waals surface area contributed by atoms with Gasteiger partial charge in [0.1, 0.15) is 16.5 Å². The molecule has 2 aromatic heterocycles. The summed E-state index contributed by atoms with van der Waals surface area (Å²) in [6.07, 6.45) is -5.71.